The minimum Gasteiger partial charge on any atom is -0.459 e. The molecule has 0 radical (unpaired) electrons. The molecule has 2 aromatic rings. The summed E-state index contributed by atoms with van der Waals surface area (Å²) in [6, 6.07) is 6.20. The van der Waals surface area contributed by atoms with Gasteiger partial charge in [-0.15, -0.1) is 0 Å². The van der Waals surface area contributed by atoms with Crippen LogP contribution in [0.2, 0.25) is 0 Å². The average molecular weight is 221 g/mol. The van der Waals surface area contributed by atoms with E-state index in [4.69, 9.17) is 10.2 Å². The molecule has 0 saturated heterocycles. The van der Waals surface area contributed by atoms with E-state index >= 15 is 0 Å². The number of rotatable bonds is 3. The van der Waals surface area contributed by atoms with Gasteiger partial charge in [0.05, 0.1) is 6.04 Å². The average Bonchev–Trinajstić information content (AvgIpc) is 2.69. The molecule has 0 amide bonds. The number of hydrogen-bond donors (Lipinski definition) is 1. The zero-order valence-corrected chi connectivity index (χ0v) is 9.53. The smallest absolute Gasteiger partial charge is 0.134 e. The Labute approximate surface area is 94.2 Å². The fraction of sp³-hybridized carbons (Fsp3) is 0.385. The van der Waals surface area contributed by atoms with E-state index in [1.54, 1.807) is 6.07 Å². The summed E-state index contributed by atoms with van der Waals surface area (Å²) in [7, 11) is 0. The maximum absolute atomic E-state index is 13.0. The van der Waals surface area contributed by atoms with E-state index in [1.165, 1.54) is 12.1 Å². The third-order valence-electron chi connectivity index (χ3n) is 3.08. The van der Waals surface area contributed by atoms with E-state index < -0.39 is 0 Å². The summed E-state index contributed by atoms with van der Waals surface area (Å²) < 4.78 is 18.6. The second kappa shape index (κ2) is 4.26. The molecule has 0 bridgehead atoms. The molecule has 0 aliphatic rings. The molecule has 0 aliphatic carbocycles. The summed E-state index contributed by atoms with van der Waals surface area (Å²) in [5.41, 5.74) is 6.75. The van der Waals surface area contributed by atoms with Crippen LogP contribution in [0.3, 0.4) is 0 Å². The topological polar surface area (TPSA) is 39.2 Å². The van der Waals surface area contributed by atoms with E-state index in [1.807, 2.05) is 6.07 Å². The summed E-state index contributed by atoms with van der Waals surface area (Å²) in [5.74, 6) is 0.831. The lowest BCUT2D eigenvalue weighted by molar-refractivity contribution is 0.388. The quantitative estimate of drug-likeness (QED) is 0.859. The van der Waals surface area contributed by atoms with Crippen molar-refractivity contribution >= 4 is 11.0 Å². The molecule has 1 aromatic carbocycles. The Morgan fingerprint density at radius 3 is 2.81 bits per heavy atom. The Morgan fingerprint density at radius 1 is 1.38 bits per heavy atom. The van der Waals surface area contributed by atoms with Crippen molar-refractivity contribution in [2.24, 2.45) is 11.7 Å². The SMILES string of the molecule is CCC(C)C(N)c1cc2cc(F)ccc2o1. The summed E-state index contributed by atoms with van der Waals surface area (Å²) in [4.78, 5) is 0. The maximum Gasteiger partial charge on any atom is 0.134 e. The molecule has 1 aromatic heterocycles. The molecule has 3 heteroatoms. The summed E-state index contributed by atoms with van der Waals surface area (Å²) in [6.07, 6.45) is 0.993. The van der Waals surface area contributed by atoms with Gasteiger partial charge in [0.15, 0.2) is 0 Å². The van der Waals surface area contributed by atoms with E-state index in [9.17, 15) is 4.39 Å². The molecule has 1 heterocycles. The van der Waals surface area contributed by atoms with Crippen molar-refractivity contribution in [3.05, 3.63) is 35.8 Å². The highest BCUT2D eigenvalue weighted by Gasteiger charge is 2.17. The van der Waals surface area contributed by atoms with Gasteiger partial charge in [-0.05, 0) is 30.2 Å². The number of nitrogens with two attached hydrogens (primary N) is 1. The number of halogens is 1. The lowest BCUT2D eigenvalue weighted by Gasteiger charge is -2.15. The van der Waals surface area contributed by atoms with Gasteiger partial charge >= 0.3 is 0 Å². The first-order chi connectivity index (χ1) is 7.61. The molecule has 2 unspecified atom stereocenters. The van der Waals surface area contributed by atoms with Gasteiger partial charge in [0, 0.05) is 5.39 Å². The van der Waals surface area contributed by atoms with Crippen molar-refractivity contribution in [2.75, 3.05) is 0 Å². The number of furan rings is 1. The first kappa shape index (κ1) is 11.1. The minimum absolute atomic E-state index is 0.125. The van der Waals surface area contributed by atoms with Gasteiger partial charge in [-0.1, -0.05) is 20.3 Å². The van der Waals surface area contributed by atoms with Crippen LogP contribution in [0.25, 0.3) is 11.0 Å². The summed E-state index contributed by atoms with van der Waals surface area (Å²) in [6.45, 7) is 4.17. The highest BCUT2D eigenvalue weighted by atomic mass is 19.1. The normalized spacial score (nSPS) is 15.2. The first-order valence-corrected chi connectivity index (χ1v) is 5.56. The van der Waals surface area contributed by atoms with Gasteiger partial charge in [-0.3, -0.25) is 0 Å². The molecular formula is C13H16FNO. The number of hydrogen-bond acceptors (Lipinski definition) is 2. The largest absolute Gasteiger partial charge is 0.459 e. The highest BCUT2D eigenvalue weighted by Crippen LogP contribution is 2.28. The van der Waals surface area contributed by atoms with Crippen molar-refractivity contribution in [3.8, 4) is 0 Å². The Bertz CT molecular complexity index is 492. The Hall–Kier alpha value is -1.35. The Kier molecular flexibility index (Phi) is 2.97. The monoisotopic (exact) mass is 221 g/mol. The summed E-state index contributed by atoms with van der Waals surface area (Å²) in [5, 5.41) is 0.772. The van der Waals surface area contributed by atoms with Crippen LogP contribution < -0.4 is 5.73 Å². The predicted molar refractivity (Wildman–Crippen MR) is 62.6 cm³/mol. The molecule has 2 atom stereocenters. The Morgan fingerprint density at radius 2 is 2.12 bits per heavy atom. The second-order valence-electron chi connectivity index (χ2n) is 4.24. The van der Waals surface area contributed by atoms with Crippen molar-refractivity contribution in [3.63, 3.8) is 0 Å². The van der Waals surface area contributed by atoms with Crippen LogP contribution in [-0.2, 0) is 0 Å². The van der Waals surface area contributed by atoms with Crippen LogP contribution in [0.1, 0.15) is 32.1 Å². The van der Waals surface area contributed by atoms with Gasteiger partial charge in [-0.25, -0.2) is 4.39 Å². The van der Waals surface area contributed by atoms with E-state index in [0.29, 0.717) is 11.5 Å². The Balaban J connectivity index is 2.39. The van der Waals surface area contributed by atoms with Gasteiger partial charge in [-0.2, -0.15) is 0 Å². The van der Waals surface area contributed by atoms with E-state index in [2.05, 4.69) is 13.8 Å². The summed E-state index contributed by atoms with van der Waals surface area (Å²) >= 11 is 0. The predicted octanol–water partition coefficient (Wildman–Crippen LogP) is 3.62. The zero-order valence-electron chi connectivity index (χ0n) is 9.53. The van der Waals surface area contributed by atoms with Gasteiger partial charge in [0.25, 0.3) is 0 Å². The van der Waals surface area contributed by atoms with Crippen LogP contribution >= 0.6 is 0 Å². The molecule has 0 saturated carbocycles. The van der Waals surface area contributed by atoms with Gasteiger partial charge in [0.1, 0.15) is 17.2 Å². The van der Waals surface area contributed by atoms with Crippen LogP contribution in [0.5, 0.6) is 0 Å². The van der Waals surface area contributed by atoms with Crippen molar-refractivity contribution in [2.45, 2.75) is 26.3 Å². The molecule has 0 aliphatic heterocycles. The zero-order chi connectivity index (χ0) is 11.7. The lowest BCUT2D eigenvalue weighted by Crippen LogP contribution is -2.17. The lowest BCUT2D eigenvalue weighted by atomic mass is 9.98. The fourth-order valence-electron chi connectivity index (χ4n) is 1.73. The molecule has 2 N–H and O–H groups in total. The molecule has 0 spiro atoms. The molecule has 16 heavy (non-hydrogen) atoms. The highest BCUT2D eigenvalue weighted by molar-refractivity contribution is 5.78. The van der Waals surface area contributed by atoms with Gasteiger partial charge < -0.3 is 10.2 Å². The molecule has 2 nitrogen and oxygen atoms in total. The van der Waals surface area contributed by atoms with Gasteiger partial charge in [0.2, 0.25) is 0 Å². The molecule has 86 valence electrons. The molecular weight excluding hydrogens is 205 g/mol. The first-order valence-electron chi connectivity index (χ1n) is 5.56. The fourth-order valence-corrected chi connectivity index (χ4v) is 1.73. The number of benzene rings is 1. The third-order valence-corrected chi connectivity index (χ3v) is 3.08. The van der Waals surface area contributed by atoms with E-state index in [-0.39, 0.29) is 11.9 Å². The van der Waals surface area contributed by atoms with Crippen LogP contribution in [0.4, 0.5) is 4.39 Å². The molecule has 0 fully saturated rings. The van der Waals surface area contributed by atoms with Crippen molar-refractivity contribution in [1.29, 1.82) is 0 Å². The number of fused-ring (bicyclic) bond motifs is 1. The van der Waals surface area contributed by atoms with Crippen LogP contribution in [0, 0.1) is 11.7 Å². The van der Waals surface area contributed by atoms with Crippen LogP contribution in [0.15, 0.2) is 28.7 Å². The third kappa shape index (κ3) is 1.95. The molecule has 2 rings (SSSR count). The van der Waals surface area contributed by atoms with Crippen molar-refractivity contribution < 1.29 is 8.81 Å². The second-order valence-corrected chi connectivity index (χ2v) is 4.24. The van der Waals surface area contributed by atoms with Crippen LogP contribution in [-0.4, -0.2) is 0 Å². The maximum atomic E-state index is 13.0. The standard InChI is InChI=1S/C13H16FNO/c1-3-8(2)13(15)12-7-9-6-10(14)4-5-11(9)16-12/h4-8,13H,3,15H2,1-2H3. The van der Waals surface area contributed by atoms with E-state index in [0.717, 1.165) is 17.6 Å². The minimum atomic E-state index is -0.253. The van der Waals surface area contributed by atoms with Crippen molar-refractivity contribution in [1.82, 2.24) is 0 Å².